The molecule has 2 N–H and O–H groups in total. The van der Waals surface area contributed by atoms with Gasteiger partial charge in [-0.25, -0.2) is 4.79 Å². The molecule has 158 valence electrons. The highest BCUT2D eigenvalue weighted by molar-refractivity contribution is 5.74. The standard InChI is InChI=1S/C23H38N2O3/c1-4-6-8-19(9-7-5-2)20-12-14-25(15-13-20)23(27)24-17-18-10-11-21(26)22(16-18)28-3/h10-11,16,19-20,26H,4-9,12-15,17H2,1-3H3,(H,24,27). The number of nitrogens with zero attached hydrogens (tertiary/aromatic N) is 1. The lowest BCUT2D eigenvalue weighted by Gasteiger charge is -2.36. The second-order valence-corrected chi connectivity index (χ2v) is 8.03. The van der Waals surface area contributed by atoms with Crippen LogP contribution >= 0.6 is 0 Å². The molecule has 1 aliphatic heterocycles. The normalized spacial score (nSPS) is 15.1. The quantitative estimate of drug-likeness (QED) is 0.568. The molecule has 1 aromatic rings. The van der Waals surface area contributed by atoms with Crippen molar-refractivity contribution in [1.29, 1.82) is 0 Å². The lowest BCUT2D eigenvalue weighted by molar-refractivity contribution is 0.141. The highest BCUT2D eigenvalue weighted by atomic mass is 16.5. The molecule has 28 heavy (non-hydrogen) atoms. The van der Waals surface area contributed by atoms with E-state index in [9.17, 15) is 9.90 Å². The molecule has 0 aliphatic carbocycles. The highest BCUT2D eigenvalue weighted by Gasteiger charge is 2.27. The molecule has 1 aromatic carbocycles. The first-order chi connectivity index (χ1) is 13.6. The average Bonchev–Trinajstić information content (AvgIpc) is 2.73. The molecule has 2 rings (SSSR count). The maximum Gasteiger partial charge on any atom is 0.317 e. The molecule has 1 heterocycles. The van der Waals surface area contributed by atoms with Gasteiger partial charge < -0.3 is 20.1 Å². The predicted molar refractivity (Wildman–Crippen MR) is 114 cm³/mol. The smallest absolute Gasteiger partial charge is 0.317 e. The monoisotopic (exact) mass is 390 g/mol. The maximum atomic E-state index is 12.5. The number of carbonyl (C=O) groups is 1. The van der Waals surface area contributed by atoms with Crippen LogP contribution in [0.2, 0.25) is 0 Å². The van der Waals surface area contributed by atoms with Crippen LogP contribution in [0.1, 0.15) is 70.8 Å². The predicted octanol–water partition coefficient (Wildman–Crippen LogP) is 5.32. The number of hydrogen-bond donors (Lipinski definition) is 2. The van der Waals surface area contributed by atoms with Crippen LogP contribution in [0.25, 0.3) is 0 Å². The van der Waals surface area contributed by atoms with E-state index < -0.39 is 0 Å². The number of nitrogens with one attached hydrogen (secondary N) is 1. The molecule has 0 spiro atoms. The number of unbranched alkanes of at least 4 members (excludes halogenated alkanes) is 2. The summed E-state index contributed by atoms with van der Waals surface area (Å²) >= 11 is 0. The zero-order valence-electron chi connectivity index (χ0n) is 17.9. The van der Waals surface area contributed by atoms with Crippen molar-refractivity contribution < 1.29 is 14.6 Å². The first-order valence-electron chi connectivity index (χ1n) is 11.0. The number of hydrogen-bond acceptors (Lipinski definition) is 3. The van der Waals surface area contributed by atoms with Crippen molar-refractivity contribution in [3.8, 4) is 11.5 Å². The molecule has 0 atom stereocenters. The third-order valence-corrected chi connectivity index (χ3v) is 6.04. The van der Waals surface area contributed by atoms with Gasteiger partial charge in [0, 0.05) is 19.6 Å². The molecular weight excluding hydrogens is 352 g/mol. The number of rotatable bonds is 10. The van der Waals surface area contributed by atoms with Crippen LogP contribution < -0.4 is 10.1 Å². The van der Waals surface area contributed by atoms with E-state index in [2.05, 4.69) is 19.2 Å². The fourth-order valence-electron chi connectivity index (χ4n) is 4.24. The minimum Gasteiger partial charge on any atom is -0.504 e. The van der Waals surface area contributed by atoms with Gasteiger partial charge in [0.15, 0.2) is 11.5 Å². The second kappa shape index (κ2) is 11.8. The van der Waals surface area contributed by atoms with Gasteiger partial charge in [-0.15, -0.1) is 0 Å². The van der Waals surface area contributed by atoms with E-state index in [-0.39, 0.29) is 11.8 Å². The van der Waals surface area contributed by atoms with E-state index in [4.69, 9.17) is 4.74 Å². The number of aromatic hydroxyl groups is 1. The summed E-state index contributed by atoms with van der Waals surface area (Å²) in [5.41, 5.74) is 0.914. The highest BCUT2D eigenvalue weighted by Crippen LogP contribution is 2.32. The molecule has 2 amide bonds. The Kier molecular flexibility index (Phi) is 9.45. The summed E-state index contributed by atoms with van der Waals surface area (Å²) in [5, 5.41) is 12.7. The average molecular weight is 391 g/mol. The molecule has 0 radical (unpaired) electrons. The van der Waals surface area contributed by atoms with Crippen LogP contribution in [0.15, 0.2) is 18.2 Å². The third kappa shape index (κ3) is 6.61. The first kappa shape index (κ1) is 22.4. The van der Waals surface area contributed by atoms with Crippen LogP contribution in [0.5, 0.6) is 11.5 Å². The number of methoxy groups -OCH3 is 1. The van der Waals surface area contributed by atoms with Crippen molar-refractivity contribution in [3.05, 3.63) is 23.8 Å². The van der Waals surface area contributed by atoms with Gasteiger partial charge >= 0.3 is 6.03 Å². The van der Waals surface area contributed by atoms with Crippen molar-refractivity contribution >= 4 is 6.03 Å². The van der Waals surface area contributed by atoms with E-state index >= 15 is 0 Å². The lowest BCUT2D eigenvalue weighted by Crippen LogP contribution is -2.45. The summed E-state index contributed by atoms with van der Waals surface area (Å²) in [7, 11) is 1.52. The van der Waals surface area contributed by atoms with Gasteiger partial charge in [0.1, 0.15) is 0 Å². The molecule has 1 fully saturated rings. The lowest BCUT2D eigenvalue weighted by atomic mass is 9.79. The fraction of sp³-hybridized carbons (Fsp3) is 0.696. The number of phenols is 1. The largest absolute Gasteiger partial charge is 0.504 e. The number of benzene rings is 1. The van der Waals surface area contributed by atoms with Crippen LogP contribution in [-0.4, -0.2) is 36.2 Å². The van der Waals surface area contributed by atoms with Crippen LogP contribution in [0, 0.1) is 11.8 Å². The van der Waals surface area contributed by atoms with Crippen LogP contribution in [0.3, 0.4) is 0 Å². The molecule has 5 nitrogen and oxygen atoms in total. The molecule has 1 aliphatic rings. The van der Waals surface area contributed by atoms with E-state index in [1.54, 1.807) is 18.2 Å². The molecule has 1 saturated heterocycles. The zero-order chi connectivity index (χ0) is 20.4. The van der Waals surface area contributed by atoms with Gasteiger partial charge in [0.2, 0.25) is 0 Å². The van der Waals surface area contributed by atoms with Gasteiger partial charge in [-0.3, -0.25) is 0 Å². The van der Waals surface area contributed by atoms with Crippen LogP contribution in [0.4, 0.5) is 4.79 Å². The Balaban J connectivity index is 1.80. The van der Waals surface area contributed by atoms with Gasteiger partial charge in [0.25, 0.3) is 0 Å². The van der Waals surface area contributed by atoms with Crippen molar-refractivity contribution in [2.24, 2.45) is 11.8 Å². The molecule has 5 heteroatoms. The summed E-state index contributed by atoms with van der Waals surface area (Å²) in [5.74, 6) is 2.14. The topological polar surface area (TPSA) is 61.8 Å². The molecule has 0 aromatic heterocycles. The fourth-order valence-corrected chi connectivity index (χ4v) is 4.24. The molecular formula is C23H38N2O3. The van der Waals surface area contributed by atoms with Gasteiger partial charge in [-0.1, -0.05) is 58.4 Å². The maximum absolute atomic E-state index is 12.5. The number of amides is 2. The van der Waals surface area contributed by atoms with Crippen molar-refractivity contribution in [3.63, 3.8) is 0 Å². The third-order valence-electron chi connectivity index (χ3n) is 6.04. The second-order valence-electron chi connectivity index (χ2n) is 8.03. The van der Waals surface area contributed by atoms with E-state index in [1.807, 2.05) is 4.90 Å². The minimum absolute atomic E-state index is 0.00385. The summed E-state index contributed by atoms with van der Waals surface area (Å²) < 4.78 is 5.13. The number of urea groups is 1. The van der Waals surface area contributed by atoms with E-state index in [1.165, 1.54) is 45.6 Å². The van der Waals surface area contributed by atoms with Crippen LogP contribution in [-0.2, 0) is 6.54 Å². The molecule has 0 unspecified atom stereocenters. The Morgan fingerprint density at radius 2 is 1.86 bits per heavy atom. The molecule has 0 saturated carbocycles. The summed E-state index contributed by atoms with van der Waals surface area (Å²) in [6.07, 6.45) is 10.1. The molecule has 0 bridgehead atoms. The zero-order valence-corrected chi connectivity index (χ0v) is 17.9. The van der Waals surface area contributed by atoms with E-state index in [0.29, 0.717) is 12.3 Å². The van der Waals surface area contributed by atoms with Crippen molar-refractivity contribution in [1.82, 2.24) is 10.2 Å². The number of piperidine rings is 1. The Morgan fingerprint density at radius 3 is 2.43 bits per heavy atom. The Labute approximate surface area is 170 Å². The first-order valence-corrected chi connectivity index (χ1v) is 11.0. The SMILES string of the molecule is CCCCC(CCCC)C1CCN(C(=O)NCc2ccc(O)c(OC)c2)CC1. The Hall–Kier alpha value is -1.91. The Bertz CT molecular complexity index is 590. The van der Waals surface area contributed by atoms with Gasteiger partial charge in [0.05, 0.1) is 7.11 Å². The minimum atomic E-state index is 0.00385. The number of ether oxygens (including phenoxy) is 1. The summed E-state index contributed by atoms with van der Waals surface area (Å²) in [6.45, 7) is 6.68. The summed E-state index contributed by atoms with van der Waals surface area (Å²) in [4.78, 5) is 14.5. The van der Waals surface area contributed by atoms with E-state index in [0.717, 1.165) is 43.3 Å². The Morgan fingerprint density at radius 1 is 1.21 bits per heavy atom. The van der Waals surface area contributed by atoms with Gasteiger partial charge in [-0.2, -0.15) is 0 Å². The van der Waals surface area contributed by atoms with Crippen molar-refractivity contribution in [2.75, 3.05) is 20.2 Å². The van der Waals surface area contributed by atoms with Gasteiger partial charge in [-0.05, 0) is 42.4 Å². The van der Waals surface area contributed by atoms with Crippen molar-refractivity contribution in [2.45, 2.75) is 71.8 Å². The number of carbonyl (C=O) groups excluding carboxylic acids is 1. The number of phenolic OH excluding ortho intramolecular Hbond substituents is 1. The summed E-state index contributed by atoms with van der Waals surface area (Å²) in [6, 6.07) is 5.16. The number of likely N-dealkylation sites (tertiary alicyclic amines) is 1.